The van der Waals surface area contributed by atoms with Crippen molar-refractivity contribution in [3.05, 3.63) is 117 Å². The summed E-state index contributed by atoms with van der Waals surface area (Å²) < 4.78 is 34.0. The predicted molar refractivity (Wildman–Crippen MR) is 168 cm³/mol. The van der Waals surface area contributed by atoms with Gasteiger partial charge in [-0.1, -0.05) is 53.5 Å². The second kappa shape index (κ2) is 14.2. The summed E-state index contributed by atoms with van der Waals surface area (Å²) >= 11 is 12.3. The first-order chi connectivity index (χ1) is 21.8. The van der Waals surface area contributed by atoms with Gasteiger partial charge in [0.05, 0.1) is 19.6 Å². The molecule has 11 heteroatoms. The zero-order valence-electron chi connectivity index (χ0n) is 24.3. The Morgan fingerprint density at radius 1 is 0.933 bits per heavy atom. The summed E-state index contributed by atoms with van der Waals surface area (Å²) in [5.74, 6) is 1.14. The molecule has 45 heavy (non-hydrogen) atoms. The van der Waals surface area contributed by atoms with Crippen molar-refractivity contribution < 1.29 is 33.2 Å². The lowest BCUT2D eigenvalue weighted by molar-refractivity contribution is -0.136. The number of hydrogen-bond acceptors (Lipinski definition) is 9. The van der Waals surface area contributed by atoms with E-state index in [9.17, 15) is 10.1 Å². The molecular formula is C34H28Cl2N2O7. The Morgan fingerprint density at radius 3 is 2.44 bits per heavy atom. The Hall–Kier alpha value is -5.04. The van der Waals surface area contributed by atoms with Gasteiger partial charge in [0, 0.05) is 27.2 Å². The average Bonchev–Trinajstić information content (AvgIpc) is 3.03. The number of halogens is 2. The van der Waals surface area contributed by atoms with E-state index in [0.717, 1.165) is 5.56 Å². The van der Waals surface area contributed by atoms with Crippen molar-refractivity contribution in [1.29, 1.82) is 5.26 Å². The third kappa shape index (κ3) is 7.20. The molecule has 0 spiro atoms. The Morgan fingerprint density at radius 2 is 1.71 bits per heavy atom. The summed E-state index contributed by atoms with van der Waals surface area (Å²) in [5.41, 5.74) is 8.55. The number of nitrogens with two attached hydrogens (primary N) is 1. The van der Waals surface area contributed by atoms with Crippen LogP contribution in [0.2, 0.25) is 10.0 Å². The second-order valence-corrected chi connectivity index (χ2v) is 10.5. The molecule has 1 atom stereocenters. The minimum atomic E-state index is -0.633. The number of nitrogens with zero attached hydrogens (tertiary/aromatic N) is 1. The fourth-order valence-corrected chi connectivity index (χ4v) is 5.23. The zero-order valence-corrected chi connectivity index (χ0v) is 25.9. The van der Waals surface area contributed by atoms with Crippen molar-refractivity contribution in [2.24, 2.45) is 5.73 Å². The summed E-state index contributed by atoms with van der Waals surface area (Å²) in [7, 11) is 1.51. The van der Waals surface area contributed by atoms with E-state index in [1.54, 1.807) is 72.8 Å². The Kier molecular flexibility index (Phi) is 9.88. The van der Waals surface area contributed by atoms with Gasteiger partial charge in [0.15, 0.2) is 29.6 Å². The van der Waals surface area contributed by atoms with Gasteiger partial charge in [-0.2, -0.15) is 5.26 Å². The number of fused-ring (bicyclic) bond motifs is 1. The maximum Gasteiger partial charge on any atom is 0.349 e. The van der Waals surface area contributed by atoms with Crippen LogP contribution in [0.3, 0.4) is 0 Å². The van der Waals surface area contributed by atoms with Gasteiger partial charge in [-0.3, -0.25) is 0 Å². The summed E-state index contributed by atoms with van der Waals surface area (Å²) in [4.78, 5) is 12.6. The van der Waals surface area contributed by atoms with Crippen molar-refractivity contribution in [1.82, 2.24) is 0 Å². The van der Waals surface area contributed by atoms with Gasteiger partial charge in [0.1, 0.15) is 29.7 Å². The molecule has 230 valence electrons. The highest BCUT2D eigenvalue weighted by molar-refractivity contribution is 6.35. The van der Waals surface area contributed by atoms with Gasteiger partial charge in [-0.05, 0) is 55.0 Å². The molecule has 1 aliphatic rings. The zero-order chi connectivity index (χ0) is 31.9. The molecule has 0 saturated heterocycles. The smallest absolute Gasteiger partial charge is 0.349 e. The van der Waals surface area contributed by atoms with E-state index in [-0.39, 0.29) is 30.4 Å². The maximum absolute atomic E-state index is 12.6. The number of para-hydroxylation sites is 2. The summed E-state index contributed by atoms with van der Waals surface area (Å²) in [5, 5.41) is 11.0. The minimum Gasteiger partial charge on any atom is -0.493 e. The highest BCUT2D eigenvalue weighted by Crippen LogP contribution is 2.45. The van der Waals surface area contributed by atoms with Crippen molar-refractivity contribution in [2.75, 3.05) is 20.3 Å². The first kappa shape index (κ1) is 31.4. The second-order valence-electron chi connectivity index (χ2n) is 9.70. The topological polar surface area (TPSA) is 122 Å². The minimum absolute atomic E-state index is 0.0614. The molecule has 1 aliphatic heterocycles. The quantitative estimate of drug-likeness (QED) is 0.133. The van der Waals surface area contributed by atoms with Crippen LogP contribution in [0, 0.1) is 11.3 Å². The third-order valence-corrected chi connectivity index (χ3v) is 7.42. The van der Waals surface area contributed by atoms with Gasteiger partial charge in [-0.15, -0.1) is 0 Å². The standard InChI is InChI=1S/C34H28Cl2N2O7/c1-3-41-31-14-20(9-13-29(31)42-18-21-8-10-22(35)15-26(21)36)33-24-12-11-23(16-30(24)45-34(38)25(33)17-37)44-32(39)19-43-28-7-5-4-6-27(28)40-2/h4-16,33H,3,18-19,38H2,1-2H3. The van der Waals surface area contributed by atoms with Gasteiger partial charge < -0.3 is 34.2 Å². The molecule has 2 N–H and O–H groups in total. The number of rotatable bonds is 11. The first-order valence-electron chi connectivity index (χ1n) is 13.8. The molecule has 0 bridgehead atoms. The largest absolute Gasteiger partial charge is 0.493 e. The van der Waals surface area contributed by atoms with E-state index >= 15 is 0 Å². The Labute approximate surface area is 270 Å². The number of benzene rings is 4. The SMILES string of the molecule is CCOc1cc(C2C(C#N)=C(N)Oc3cc(OC(=O)COc4ccccc4OC)ccc32)ccc1OCc1ccc(Cl)cc1Cl. The highest BCUT2D eigenvalue weighted by atomic mass is 35.5. The highest BCUT2D eigenvalue weighted by Gasteiger charge is 2.32. The van der Waals surface area contributed by atoms with Crippen molar-refractivity contribution >= 4 is 29.2 Å². The fraction of sp³-hybridized carbons (Fsp3) is 0.176. The number of esters is 1. The van der Waals surface area contributed by atoms with E-state index in [0.29, 0.717) is 56.5 Å². The lowest BCUT2D eigenvalue weighted by Crippen LogP contribution is -2.22. The van der Waals surface area contributed by atoms with Crippen LogP contribution in [0.1, 0.15) is 29.5 Å². The van der Waals surface area contributed by atoms with Crippen LogP contribution in [0.15, 0.2) is 90.3 Å². The summed E-state index contributed by atoms with van der Waals surface area (Å²) in [6.07, 6.45) is 0. The van der Waals surface area contributed by atoms with Crippen LogP contribution in [0.4, 0.5) is 0 Å². The molecule has 1 heterocycles. The molecule has 0 radical (unpaired) electrons. The Balaban J connectivity index is 1.37. The van der Waals surface area contributed by atoms with Crippen LogP contribution in [-0.2, 0) is 11.4 Å². The maximum atomic E-state index is 12.6. The number of carbonyl (C=O) groups is 1. The number of nitriles is 1. The lowest BCUT2D eigenvalue weighted by Gasteiger charge is -2.27. The summed E-state index contributed by atoms with van der Waals surface area (Å²) in [6.45, 7) is 2.08. The average molecular weight is 648 g/mol. The van der Waals surface area contributed by atoms with Crippen molar-refractivity contribution in [3.8, 4) is 40.6 Å². The first-order valence-corrected chi connectivity index (χ1v) is 14.6. The van der Waals surface area contributed by atoms with Crippen LogP contribution in [0.5, 0.6) is 34.5 Å². The molecule has 4 aromatic rings. The number of hydrogen-bond donors (Lipinski definition) is 1. The fourth-order valence-electron chi connectivity index (χ4n) is 4.76. The van der Waals surface area contributed by atoms with E-state index in [2.05, 4.69) is 6.07 Å². The number of carbonyl (C=O) groups excluding carboxylic acids is 1. The van der Waals surface area contributed by atoms with Gasteiger partial charge >= 0.3 is 5.97 Å². The molecule has 9 nitrogen and oxygen atoms in total. The van der Waals surface area contributed by atoms with E-state index in [4.69, 9.17) is 57.4 Å². The van der Waals surface area contributed by atoms with E-state index < -0.39 is 11.9 Å². The van der Waals surface area contributed by atoms with Crippen LogP contribution in [0.25, 0.3) is 0 Å². The molecule has 1 unspecified atom stereocenters. The number of methoxy groups -OCH3 is 1. The molecule has 0 aliphatic carbocycles. The molecular weight excluding hydrogens is 619 g/mol. The lowest BCUT2D eigenvalue weighted by atomic mass is 9.83. The molecule has 0 fully saturated rings. The van der Waals surface area contributed by atoms with Gasteiger partial charge in [0.2, 0.25) is 5.88 Å². The molecule has 0 aromatic heterocycles. The third-order valence-electron chi connectivity index (χ3n) is 6.84. The molecule has 4 aromatic carbocycles. The van der Waals surface area contributed by atoms with Crippen molar-refractivity contribution in [3.63, 3.8) is 0 Å². The molecule has 5 rings (SSSR count). The van der Waals surface area contributed by atoms with Crippen LogP contribution in [-0.4, -0.2) is 26.3 Å². The monoisotopic (exact) mass is 646 g/mol. The van der Waals surface area contributed by atoms with E-state index in [1.807, 2.05) is 13.0 Å². The van der Waals surface area contributed by atoms with Gasteiger partial charge in [-0.25, -0.2) is 4.79 Å². The molecule has 0 amide bonds. The van der Waals surface area contributed by atoms with Crippen LogP contribution < -0.4 is 34.2 Å². The van der Waals surface area contributed by atoms with Crippen LogP contribution >= 0.6 is 23.2 Å². The predicted octanol–water partition coefficient (Wildman–Crippen LogP) is 7.18. The van der Waals surface area contributed by atoms with Gasteiger partial charge in [0.25, 0.3) is 0 Å². The summed E-state index contributed by atoms with van der Waals surface area (Å²) in [6, 6.07) is 24.6. The molecule has 0 saturated carbocycles. The number of ether oxygens (including phenoxy) is 6. The van der Waals surface area contributed by atoms with Crippen molar-refractivity contribution in [2.45, 2.75) is 19.4 Å². The van der Waals surface area contributed by atoms with E-state index in [1.165, 1.54) is 7.11 Å². The normalized spacial score (nSPS) is 13.6. The number of allylic oxidation sites excluding steroid dienone is 1. The Bertz CT molecular complexity index is 1800.